The van der Waals surface area contributed by atoms with Crippen molar-refractivity contribution in [2.24, 2.45) is 7.05 Å². The molecule has 0 spiro atoms. The maximum absolute atomic E-state index is 11.6. The summed E-state index contributed by atoms with van der Waals surface area (Å²) in [6, 6.07) is 1.40. The van der Waals surface area contributed by atoms with Gasteiger partial charge in [-0.05, 0) is 13.0 Å². The Labute approximate surface area is 99.8 Å². The maximum atomic E-state index is 11.6. The van der Waals surface area contributed by atoms with Gasteiger partial charge in [0.2, 0.25) is 0 Å². The predicted molar refractivity (Wildman–Crippen MR) is 65.3 cm³/mol. The average Bonchev–Trinajstić information content (AvgIpc) is 2.32. The number of aromatic nitrogens is 2. The zero-order valence-electron chi connectivity index (χ0n) is 10.3. The summed E-state index contributed by atoms with van der Waals surface area (Å²) < 4.78 is 7.53. The van der Waals surface area contributed by atoms with E-state index in [1.54, 1.807) is 14.2 Å². The molecule has 0 atom stereocenters. The molecule has 1 rings (SSSR count). The first-order valence-electron chi connectivity index (χ1n) is 5.63. The van der Waals surface area contributed by atoms with Crippen LogP contribution in [0.4, 0.5) is 0 Å². The smallest absolute Gasteiger partial charge is 0.330 e. The number of aryl methyl sites for hydroxylation is 1. The van der Waals surface area contributed by atoms with Crippen LogP contribution >= 0.6 is 0 Å². The molecule has 6 nitrogen and oxygen atoms in total. The van der Waals surface area contributed by atoms with Crippen LogP contribution in [0.3, 0.4) is 0 Å². The summed E-state index contributed by atoms with van der Waals surface area (Å²) in [4.78, 5) is 23.1. The molecule has 0 radical (unpaired) electrons. The Bertz CT molecular complexity index is 450. The molecule has 0 aliphatic carbocycles. The highest BCUT2D eigenvalue weighted by molar-refractivity contribution is 4.85. The van der Waals surface area contributed by atoms with E-state index in [4.69, 9.17) is 4.74 Å². The molecule has 0 amide bonds. The Balaban J connectivity index is 2.45. The summed E-state index contributed by atoms with van der Waals surface area (Å²) in [5.41, 5.74) is -0.539. The van der Waals surface area contributed by atoms with Crippen LogP contribution in [0, 0.1) is 0 Å². The lowest BCUT2D eigenvalue weighted by Gasteiger charge is -2.07. The van der Waals surface area contributed by atoms with E-state index in [1.165, 1.54) is 21.4 Å². The molecule has 17 heavy (non-hydrogen) atoms. The zero-order chi connectivity index (χ0) is 12.7. The molecular formula is C11H19N3O3. The second-order valence-corrected chi connectivity index (χ2v) is 3.80. The SMILES string of the molecule is COCCCNCCn1c(=O)ccn(C)c1=O. The average molecular weight is 241 g/mol. The van der Waals surface area contributed by atoms with Crippen molar-refractivity contribution in [3.63, 3.8) is 0 Å². The standard InChI is InChI=1S/C11H19N3O3/c1-13-7-4-10(15)14(11(13)16)8-6-12-5-3-9-17-2/h4,7,12H,3,5-6,8-9H2,1-2H3. The summed E-state index contributed by atoms with van der Waals surface area (Å²) in [5, 5.41) is 3.15. The number of nitrogens with one attached hydrogen (secondary N) is 1. The Kier molecular flexibility index (Phi) is 5.65. The number of hydrogen-bond acceptors (Lipinski definition) is 4. The Morgan fingerprint density at radius 3 is 2.82 bits per heavy atom. The van der Waals surface area contributed by atoms with E-state index in [1.807, 2.05) is 0 Å². The van der Waals surface area contributed by atoms with Crippen molar-refractivity contribution in [1.29, 1.82) is 0 Å². The molecule has 6 heteroatoms. The van der Waals surface area contributed by atoms with Gasteiger partial charge in [0.05, 0.1) is 0 Å². The van der Waals surface area contributed by atoms with E-state index >= 15 is 0 Å². The van der Waals surface area contributed by atoms with Crippen molar-refractivity contribution in [2.75, 3.05) is 26.8 Å². The molecular weight excluding hydrogens is 222 g/mol. The van der Waals surface area contributed by atoms with Crippen molar-refractivity contribution in [3.8, 4) is 0 Å². The molecule has 0 saturated carbocycles. The highest BCUT2D eigenvalue weighted by atomic mass is 16.5. The number of ether oxygens (including phenoxy) is 1. The molecule has 0 unspecified atom stereocenters. The van der Waals surface area contributed by atoms with Gasteiger partial charge in [-0.2, -0.15) is 0 Å². The minimum Gasteiger partial charge on any atom is -0.385 e. The third kappa shape index (κ3) is 4.16. The van der Waals surface area contributed by atoms with Gasteiger partial charge in [0.1, 0.15) is 0 Å². The highest BCUT2D eigenvalue weighted by Crippen LogP contribution is 1.78. The van der Waals surface area contributed by atoms with Crippen molar-refractivity contribution in [2.45, 2.75) is 13.0 Å². The monoisotopic (exact) mass is 241 g/mol. The molecule has 1 aromatic heterocycles. The van der Waals surface area contributed by atoms with E-state index in [0.29, 0.717) is 19.7 Å². The van der Waals surface area contributed by atoms with Crippen LogP contribution in [0.25, 0.3) is 0 Å². The summed E-state index contributed by atoms with van der Waals surface area (Å²) in [7, 11) is 3.29. The summed E-state index contributed by atoms with van der Waals surface area (Å²) >= 11 is 0. The Morgan fingerprint density at radius 1 is 1.35 bits per heavy atom. The van der Waals surface area contributed by atoms with Gasteiger partial charge >= 0.3 is 5.69 Å². The summed E-state index contributed by atoms with van der Waals surface area (Å²) in [6.45, 7) is 2.51. The fraction of sp³-hybridized carbons (Fsp3) is 0.636. The normalized spacial score (nSPS) is 10.7. The number of rotatable bonds is 7. The largest absolute Gasteiger partial charge is 0.385 e. The van der Waals surface area contributed by atoms with Crippen LogP contribution in [0.5, 0.6) is 0 Å². The van der Waals surface area contributed by atoms with Gasteiger partial charge in [-0.25, -0.2) is 4.79 Å². The van der Waals surface area contributed by atoms with E-state index in [9.17, 15) is 9.59 Å². The molecule has 96 valence electrons. The van der Waals surface area contributed by atoms with Gasteiger partial charge in [0.25, 0.3) is 5.56 Å². The summed E-state index contributed by atoms with van der Waals surface area (Å²) in [5.74, 6) is 0. The van der Waals surface area contributed by atoms with Crippen LogP contribution in [0.1, 0.15) is 6.42 Å². The Morgan fingerprint density at radius 2 is 2.12 bits per heavy atom. The molecule has 1 aromatic rings. The highest BCUT2D eigenvalue weighted by Gasteiger charge is 2.01. The molecule has 0 saturated heterocycles. The fourth-order valence-corrected chi connectivity index (χ4v) is 1.48. The lowest BCUT2D eigenvalue weighted by Crippen LogP contribution is -2.40. The molecule has 0 bridgehead atoms. The second kappa shape index (κ2) is 7.03. The second-order valence-electron chi connectivity index (χ2n) is 3.80. The third-order valence-electron chi connectivity index (χ3n) is 2.45. The van der Waals surface area contributed by atoms with Gasteiger partial charge in [-0.15, -0.1) is 0 Å². The van der Waals surface area contributed by atoms with E-state index in [2.05, 4.69) is 5.32 Å². The molecule has 1 heterocycles. The number of methoxy groups -OCH3 is 1. The van der Waals surface area contributed by atoms with Crippen LogP contribution < -0.4 is 16.6 Å². The lowest BCUT2D eigenvalue weighted by atomic mass is 10.4. The molecule has 1 N–H and O–H groups in total. The van der Waals surface area contributed by atoms with Crippen molar-refractivity contribution >= 4 is 0 Å². The fourth-order valence-electron chi connectivity index (χ4n) is 1.48. The van der Waals surface area contributed by atoms with Crippen LogP contribution in [-0.4, -0.2) is 35.9 Å². The van der Waals surface area contributed by atoms with Gasteiger partial charge in [0.15, 0.2) is 0 Å². The van der Waals surface area contributed by atoms with Crippen molar-refractivity contribution in [3.05, 3.63) is 33.1 Å². The molecule has 0 fully saturated rings. The first-order valence-corrected chi connectivity index (χ1v) is 5.63. The lowest BCUT2D eigenvalue weighted by molar-refractivity contribution is 0.194. The number of nitrogens with zero attached hydrogens (tertiary/aromatic N) is 2. The third-order valence-corrected chi connectivity index (χ3v) is 2.45. The van der Waals surface area contributed by atoms with Gasteiger partial charge in [-0.1, -0.05) is 0 Å². The minimum atomic E-state index is -0.281. The van der Waals surface area contributed by atoms with Crippen molar-refractivity contribution in [1.82, 2.24) is 14.5 Å². The van der Waals surface area contributed by atoms with Gasteiger partial charge < -0.3 is 14.6 Å². The first kappa shape index (κ1) is 13.7. The van der Waals surface area contributed by atoms with Gasteiger partial charge in [0, 0.05) is 46.1 Å². The van der Waals surface area contributed by atoms with Crippen LogP contribution in [0.15, 0.2) is 21.9 Å². The van der Waals surface area contributed by atoms with E-state index in [-0.39, 0.29) is 11.2 Å². The predicted octanol–water partition coefficient (Wildman–Crippen LogP) is -0.827. The molecule has 0 aliphatic heterocycles. The molecule has 0 aromatic carbocycles. The minimum absolute atomic E-state index is 0.258. The zero-order valence-corrected chi connectivity index (χ0v) is 10.3. The first-order chi connectivity index (χ1) is 8.16. The van der Waals surface area contributed by atoms with E-state index in [0.717, 1.165) is 13.0 Å². The van der Waals surface area contributed by atoms with Crippen LogP contribution in [-0.2, 0) is 18.3 Å². The summed E-state index contributed by atoms with van der Waals surface area (Å²) in [6.07, 6.45) is 2.39. The van der Waals surface area contributed by atoms with Crippen molar-refractivity contribution < 1.29 is 4.74 Å². The van der Waals surface area contributed by atoms with Crippen LogP contribution in [0.2, 0.25) is 0 Å². The number of hydrogen-bond donors (Lipinski definition) is 1. The topological polar surface area (TPSA) is 65.3 Å². The quantitative estimate of drug-likeness (QED) is 0.633. The Hall–Kier alpha value is -1.40. The van der Waals surface area contributed by atoms with E-state index < -0.39 is 0 Å². The van der Waals surface area contributed by atoms with Gasteiger partial charge in [-0.3, -0.25) is 9.36 Å². The maximum Gasteiger partial charge on any atom is 0.330 e. The molecule has 0 aliphatic rings.